The molecular weight excluding hydrogens is 266 g/mol. The van der Waals surface area contributed by atoms with Gasteiger partial charge in [0.15, 0.2) is 0 Å². The second kappa shape index (κ2) is 6.83. The third kappa shape index (κ3) is 3.91. The van der Waals surface area contributed by atoms with Gasteiger partial charge in [-0.05, 0) is 30.2 Å². The topological polar surface area (TPSA) is 29.1 Å². The summed E-state index contributed by atoms with van der Waals surface area (Å²) in [7, 11) is 0. The predicted molar refractivity (Wildman–Crippen MR) is 85.9 cm³/mol. The Bertz CT molecular complexity index is 631. The molecule has 0 saturated heterocycles. The number of benzene rings is 2. The monoisotopic (exact) mass is 281 g/mol. The van der Waals surface area contributed by atoms with Gasteiger partial charge < -0.3 is 5.32 Å². The summed E-state index contributed by atoms with van der Waals surface area (Å²) in [5.74, 6) is 2.41. The number of terminal acetylenes is 1. The molecule has 1 N–H and O–H groups in total. The van der Waals surface area contributed by atoms with Crippen molar-refractivity contribution in [2.45, 2.75) is 11.7 Å². The summed E-state index contributed by atoms with van der Waals surface area (Å²) in [6.07, 6.45) is 5.92. The fraction of sp³-hybridized carbons (Fsp3) is 0.118. The minimum atomic E-state index is -0.396. The Labute approximate surface area is 124 Å². The number of hydrogen-bond acceptors (Lipinski definition) is 2. The summed E-state index contributed by atoms with van der Waals surface area (Å²) in [5, 5.41) is 2.43. The molecule has 0 spiro atoms. The van der Waals surface area contributed by atoms with Crippen molar-refractivity contribution in [3.05, 3.63) is 65.7 Å². The lowest BCUT2D eigenvalue weighted by atomic mass is 10.1. The van der Waals surface area contributed by atoms with E-state index in [0.29, 0.717) is 12.1 Å². The lowest BCUT2D eigenvalue weighted by Gasteiger charge is -2.12. The normalized spacial score (nSPS) is 11.4. The third-order valence-corrected chi connectivity index (χ3v) is 3.29. The Morgan fingerprint density at radius 3 is 2.65 bits per heavy atom. The molecular formula is C17H15NOS. The minimum absolute atomic E-state index is 0.133. The zero-order chi connectivity index (χ0) is 14.4. The van der Waals surface area contributed by atoms with Gasteiger partial charge in [-0.15, -0.1) is 6.42 Å². The van der Waals surface area contributed by atoms with E-state index in [1.165, 1.54) is 0 Å². The summed E-state index contributed by atoms with van der Waals surface area (Å²) in [5.41, 5.74) is 2.51. The lowest BCUT2D eigenvalue weighted by Crippen LogP contribution is -2.25. The van der Waals surface area contributed by atoms with E-state index in [0.717, 1.165) is 11.1 Å². The summed E-state index contributed by atoms with van der Waals surface area (Å²) in [6.45, 7) is 0. The first-order valence-corrected chi connectivity index (χ1v) is 6.80. The van der Waals surface area contributed by atoms with Crippen LogP contribution in [0.3, 0.4) is 0 Å². The number of hydrogen-bond donors (Lipinski definition) is 2. The largest absolute Gasteiger partial charge is 0.325 e. The maximum atomic E-state index is 12.1. The third-order valence-electron chi connectivity index (χ3n) is 2.87. The van der Waals surface area contributed by atoms with Crippen LogP contribution < -0.4 is 5.32 Å². The van der Waals surface area contributed by atoms with Gasteiger partial charge in [0.25, 0.3) is 0 Å². The Balaban J connectivity index is 1.99. The zero-order valence-electron chi connectivity index (χ0n) is 10.9. The van der Waals surface area contributed by atoms with Gasteiger partial charge >= 0.3 is 0 Å². The number of nitrogens with one attached hydrogen (secondary N) is 1. The summed E-state index contributed by atoms with van der Waals surface area (Å²) >= 11 is 4.36. The van der Waals surface area contributed by atoms with Crippen LogP contribution >= 0.6 is 12.6 Å². The molecule has 2 aromatic rings. The van der Waals surface area contributed by atoms with E-state index in [-0.39, 0.29) is 5.91 Å². The number of carbonyl (C=O) groups excluding carboxylic acids is 1. The molecule has 0 aliphatic carbocycles. The molecule has 2 nitrogen and oxygen atoms in total. The molecule has 0 aliphatic heterocycles. The fourth-order valence-corrected chi connectivity index (χ4v) is 2.12. The first-order chi connectivity index (χ1) is 9.69. The van der Waals surface area contributed by atoms with Crippen LogP contribution in [-0.2, 0) is 11.2 Å². The van der Waals surface area contributed by atoms with Crippen LogP contribution in [0.2, 0.25) is 0 Å². The molecule has 1 amide bonds. The SMILES string of the molecule is C#Cc1cccc(NC(=O)C(S)Cc2ccccc2)c1. The molecule has 0 heterocycles. The molecule has 3 heteroatoms. The second-order valence-electron chi connectivity index (χ2n) is 4.42. The molecule has 1 atom stereocenters. The highest BCUT2D eigenvalue weighted by Gasteiger charge is 2.14. The molecule has 1 unspecified atom stereocenters. The molecule has 0 fully saturated rings. The van der Waals surface area contributed by atoms with Gasteiger partial charge in [-0.25, -0.2) is 0 Å². The molecule has 2 aromatic carbocycles. The Kier molecular flexibility index (Phi) is 4.86. The molecule has 0 aliphatic rings. The molecule has 0 bridgehead atoms. The van der Waals surface area contributed by atoms with Crippen molar-refractivity contribution >= 4 is 24.2 Å². The Hall–Kier alpha value is -2.18. The molecule has 20 heavy (non-hydrogen) atoms. The number of amides is 1. The van der Waals surface area contributed by atoms with Crippen molar-refractivity contribution in [1.29, 1.82) is 0 Å². The van der Waals surface area contributed by atoms with Crippen LogP contribution in [0.15, 0.2) is 54.6 Å². The molecule has 100 valence electrons. The smallest absolute Gasteiger partial charge is 0.237 e. The van der Waals surface area contributed by atoms with Crippen molar-refractivity contribution in [1.82, 2.24) is 0 Å². The van der Waals surface area contributed by atoms with Crippen LogP contribution in [0.25, 0.3) is 0 Å². The molecule has 0 radical (unpaired) electrons. The van der Waals surface area contributed by atoms with E-state index in [1.54, 1.807) is 6.07 Å². The van der Waals surface area contributed by atoms with Crippen LogP contribution in [0.4, 0.5) is 5.69 Å². The average molecular weight is 281 g/mol. The molecule has 0 saturated carbocycles. The zero-order valence-corrected chi connectivity index (χ0v) is 11.8. The van der Waals surface area contributed by atoms with E-state index < -0.39 is 5.25 Å². The van der Waals surface area contributed by atoms with Crippen molar-refractivity contribution in [2.75, 3.05) is 5.32 Å². The maximum absolute atomic E-state index is 12.1. The van der Waals surface area contributed by atoms with Gasteiger partial charge in [-0.1, -0.05) is 42.3 Å². The highest BCUT2D eigenvalue weighted by Crippen LogP contribution is 2.13. The number of anilines is 1. The van der Waals surface area contributed by atoms with Gasteiger partial charge in [0.2, 0.25) is 5.91 Å². The summed E-state index contributed by atoms with van der Waals surface area (Å²) in [4.78, 5) is 12.1. The fourth-order valence-electron chi connectivity index (χ4n) is 1.84. The van der Waals surface area contributed by atoms with Crippen LogP contribution in [-0.4, -0.2) is 11.2 Å². The Morgan fingerprint density at radius 1 is 1.20 bits per heavy atom. The summed E-state index contributed by atoms with van der Waals surface area (Å²) in [6, 6.07) is 17.0. The van der Waals surface area contributed by atoms with Gasteiger partial charge in [-0.2, -0.15) is 12.6 Å². The molecule has 2 rings (SSSR count). The van der Waals surface area contributed by atoms with Crippen molar-refractivity contribution < 1.29 is 4.79 Å². The number of thiol groups is 1. The van der Waals surface area contributed by atoms with Gasteiger partial charge in [0, 0.05) is 11.3 Å². The quantitative estimate of drug-likeness (QED) is 0.654. The van der Waals surface area contributed by atoms with E-state index >= 15 is 0 Å². The average Bonchev–Trinajstić information content (AvgIpc) is 2.48. The van der Waals surface area contributed by atoms with Gasteiger partial charge in [0.1, 0.15) is 0 Å². The summed E-state index contributed by atoms with van der Waals surface area (Å²) < 4.78 is 0. The van der Waals surface area contributed by atoms with E-state index in [9.17, 15) is 4.79 Å². The first-order valence-electron chi connectivity index (χ1n) is 6.28. The van der Waals surface area contributed by atoms with Crippen LogP contribution in [0, 0.1) is 12.3 Å². The van der Waals surface area contributed by atoms with Crippen LogP contribution in [0.5, 0.6) is 0 Å². The first kappa shape index (κ1) is 14.2. The minimum Gasteiger partial charge on any atom is -0.325 e. The van der Waals surface area contributed by atoms with E-state index in [1.807, 2.05) is 48.5 Å². The van der Waals surface area contributed by atoms with E-state index in [4.69, 9.17) is 6.42 Å². The second-order valence-corrected chi connectivity index (χ2v) is 5.04. The predicted octanol–water partition coefficient (Wildman–Crippen LogP) is 3.15. The highest BCUT2D eigenvalue weighted by atomic mass is 32.1. The number of carbonyl (C=O) groups is 1. The number of rotatable bonds is 4. The standard InChI is InChI=1S/C17H15NOS/c1-2-13-9-6-10-15(11-13)18-17(19)16(20)12-14-7-4-3-5-8-14/h1,3-11,16,20H,12H2,(H,18,19). The van der Waals surface area contributed by atoms with Gasteiger partial charge in [0.05, 0.1) is 5.25 Å². The van der Waals surface area contributed by atoms with E-state index in [2.05, 4.69) is 23.9 Å². The van der Waals surface area contributed by atoms with Crippen molar-refractivity contribution in [2.24, 2.45) is 0 Å². The molecule has 0 aromatic heterocycles. The highest BCUT2D eigenvalue weighted by molar-refractivity contribution is 7.81. The van der Waals surface area contributed by atoms with Crippen molar-refractivity contribution in [3.63, 3.8) is 0 Å². The lowest BCUT2D eigenvalue weighted by molar-refractivity contribution is -0.115. The van der Waals surface area contributed by atoms with Gasteiger partial charge in [-0.3, -0.25) is 4.79 Å². The van der Waals surface area contributed by atoms with Crippen molar-refractivity contribution in [3.8, 4) is 12.3 Å². The Morgan fingerprint density at radius 2 is 1.95 bits per heavy atom. The maximum Gasteiger partial charge on any atom is 0.237 e. The van der Waals surface area contributed by atoms with Crippen LogP contribution in [0.1, 0.15) is 11.1 Å².